The zero-order valence-electron chi connectivity index (χ0n) is 20.2. The van der Waals surface area contributed by atoms with Gasteiger partial charge in [0.1, 0.15) is 24.1 Å². The number of nitrogens with zero attached hydrogens (tertiary/aromatic N) is 3. The van der Waals surface area contributed by atoms with Crippen molar-refractivity contribution in [2.45, 2.75) is 71.1 Å². The Labute approximate surface area is 201 Å². The molecule has 1 N–H and O–H groups in total. The van der Waals surface area contributed by atoms with Crippen LogP contribution in [0.5, 0.6) is 0 Å². The third-order valence-electron chi connectivity index (χ3n) is 5.33. The molecule has 2 amide bonds. The van der Waals surface area contributed by atoms with Crippen molar-refractivity contribution < 1.29 is 32.2 Å². The molecule has 1 aliphatic heterocycles. The molecule has 0 radical (unpaired) electrons. The number of amides is 2. The summed E-state index contributed by atoms with van der Waals surface area (Å²) in [4.78, 5) is 24.5. The molecular weight excluding hydrogens is 465 g/mol. The van der Waals surface area contributed by atoms with Crippen LogP contribution < -0.4 is 5.32 Å². The number of ether oxygens (including phenoxy) is 2. The molecule has 35 heavy (non-hydrogen) atoms. The Bertz CT molecular complexity index is 1040. The summed E-state index contributed by atoms with van der Waals surface area (Å²) in [7, 11) is 0. The van der Waals surface area contributed by atoms with Crippen LogP contribution in [0.25, 0.3) is 11.3 Å². The number of alkyl carbamates (subject to hydrolysis) is 1. The number of rotatable bonds is 6. The first-order valence-electron chi connectivity index (χ1n) is 11.1. The number of alkyl halides is 3. The van der Waals surface area contributed by atoms with Gasteiger partial charge in [0.15, 0.2) is 0 Å². The molecule has 0 bridgehead atoms. The molecule has 1 aromatic carbocycles. The summed E-state index contributed by atoms with van der Waals surface area (Å²) in [6.45, 7) is 7.33. The van der Waals surface area contributed by atoms with E-state index in [4.69, 9.17) is 9.47 Å². The fraction of sp³-hybridized carbons (Fsp3) is 0.500. The van der Waals surface area contributed by atoms with E-state index < -0.39 is 48.6 Å². The van der Waals surface area contributed by atoms with E-state index >= 15 is 0 Å². The highest BCUT2D eigenvalue weighted by Crippen LogP contribution is 2.42. The van der Waals surface area contributed by atoms with Crippen molar-refractivity contribution in [3.63, 3.8) is 0 Å². The Kier molecular flexibility index (Phi) is 7.68. The zero-order chi connectivity index (χ0) is 26.0. The lowest BCUT2D eigenvalue weighted by atomic mass is 10.00. The average molecular weight is 495 g/mol. The van der Waals surface area contributed by atoms with E-state index in [1.807, 2.05) is 0 Å². The van der Waals surface area contributed by atoms with Gasteiger partial charge in [0, 0.05) is 5.56 Å². The predicted molar refractivity (Wildman–Crippen MR) is 121 cm³/mol. The average Bonchev–Trinajstić information content (AvgIpc) is 3.06. The normalized spacial score (nSPS) is 19.6. The van der Waals surface area contributed by atoms with Crippen LogP contribution in [0, 0.1) is 0 Å². The maximum atomic E-state index is 13.9. The first-order chi connectivity index (χ1) is 16.3. The number of hydrogen-bond donors (Lipinski definition) is 1. The summed E-state index contributed by atoms with van der Waals surface area (Å²) in [5.41, 5.74) is 0.352. The minimum absolute atomic E-state index is 0.147. The summed E-state index contributed by atoms with van der Waals surface area (Å²) < 4.78 is 51.0. The smallest absolute Gasteiger partial charge is 0.407 e. The molecule has 8 nitrogen and oxygen atoms in total. The number of hydrogen-bond acceptors (Lipinski definition) is 6. The van der Waals surface area contributed by atoms with Crippen molar-refractivity contribution in [3.8, 4) is 11.3 Å². The van der Waals surface area contributed by atoms with Gasteiger partial charge in [-0.3, -0.25) is 4.79 Å². The van der Waals surface area contributed by atoms with Gasteiger partial charge in [-0.15, -0.1) is 0 Å². The van der Waals surface area contributed by atoms with Crippen LogP contribution in [-0.4, -0.2) is 57.6 Å². The van der Waals surface area contributed by atoms with E-state index in [1.165, 1.54) is 13.8 Å². The van der Waals surface area contributed by atoms with Gasteiger partial charge >= 0.3 is 12.5 Å². The molecule has 3 rings (SSSR count). The molecule has 2 heterocycles. The lowest BCUT2D eigenvalue weighted by molar-refractivity contribution is -0.159. The van der Waals surface area contributed by atoms with Crippen molar-refractivity contribution in [2.24, 2.45) is 0 Å². The lowest BCUT2D eigenvalue weighted by Gasteiger charge is -2.32. The Hall–Kier alpha value is -3.21. The monoisotopic (exact) mass is 494 g/mol. The van der Waals surface area contributed by atoms with Crippen LogP contribution in [0.4, 0.5) is 18.0 Å². The third kappa shape index (κ3) is 6.27. The van der Waals surface area contributed by atoms with Crippen molar-refractivity contribution in [1.29, 1.82) is 0 Å². The maximum absolute atomic E-state index is 13.9. The molecule has 2 unspecified atom stereocenters. The number of carbonyl (C=O) groups is 2. The molecule has 0 saturated carbocycles. The van der Waals surface area contributed by atoms with E-state index in [-0.39, 0.29) is 6.54 Å². The van der Waals surface area contributed by atoms with Gasteiger partial charge in [-0.25, -0.2) is 9.18 Å². The number of benzene rings is 1. The minimum Gasteiger partial charge on any atom is -0.444 e. The molecule has 1 fully saturated rings. The standard InChI is InChI=1S/C24H29F3N4O4/c1-23(2,3)35-22(33)28-13-16-10-11-17(30-29-16)14-6-8-15(9-7-14)19-18(12-25)31(21(32)20(26)27)24(4,5)34-19/h6-11,18-20H,12-13H2,1-5H3,(H,28,33). The van der Waals surface area contributed by atoms with E-state index in [1.54, 1.807) is 57.2 Å². The highest BCUT2D eigenvalue weighted by atomic mass is 19.3. The van der Waals surface area contributed by atoms with E-state index in [2.05, 4.69) is 15.5 Å². The second kappa shape index (κ2) is 10.2. The second-order valence-corrected chi connectivity index (χ2v) is 9.60. The molecule has 11 heteroatoms. The number of carbonyl (C=O) groups excluding carboxylic acids is 2. The molecule has 1 aromatic heterocycles. The quantitative estimate of drug-likeness (QED) is 0.640. The first-order valence-corrected chi connectivity index (χ1v) is 11.1. The highest BCUT2D eigenvalue weighted by molar-refractivity contribution is 5.80. The van der Waals surface area contributed by atoms with Gasteiger partial charge in [-0.1, -0.05) is 24.3 Å². The molecule has 1 saturated heterocycles. The van der Waals surface area contributed by atoms with Crippen molar-refractivity contribution in [2.75, 3.05) is 6.67 Å². The Morgan fingerprint density at radius 3 is 2.31 bits per heavy atom. The molecule has 2 aromatic rings. The summed E-state index contributed by atoms with van der Waals surface area (Å²) in [6, 6.07) is 9.07. The van der Waals surface area contributed by atoms with Gasteiger partial charge in [-0.05, 0) is 52.3 Å². The van der Waals surface area contributed by atoms with E-state index in [0.29, 0.717) is 22.5 Å². The maximum Gasteiger partial charge on any atom is 0.407 e. The van der Waals surface area contributed by atoms with Crippen LogP contribution in [0.1, 0.15) is 52.0 Å². The van der Waals surface area contributed by atoms with Crippen molar-refractivity contribution in [1.82, 2.24) is 20.4 Å². The summed E-state index contributed by atoms with van der Waals surface area (Å²) >= 11 is 0. The number of nitrogens with one attached hydrogen (secondary N) is 1. The Balaban J connectivity index is 1.70. The molecule has 0 aliphatic carbocycles. The number of aromatic nitrogens is 2. The third-order valence-corrected chi connectivity index (χ3v) is 5.33. The van der Waals surface area contributed by atoms with Crippen LogP contribution in [0.2, 0.25) is 0 Å². The molecule has 190 valence electrons. The van der Waals surface area contributed by atoms with E-state index in [9.17, 15) is 22.8 Å². The zero-order valence-corrected chi connectivity index (χ0v) is 20.2. The molecular formula is C24H29F3N4O4. The fourth-order valence-corrected chi connectivity index (χ4v) is 3.88. The Morgan fingerprint density at radius 1 is 1.14 bits per heavy atom. The van der Waals surface area contributed by atoms with Crippen molar-refractivity contribution in [3.05, 3.63) is 47.7 Å². The molecule has 1 aliphatic rings. The van der Waals surface area contributed by atoms with Gasteiger partial charge in [0.05, 0.1) is 24.0 Å². The summed E-state index contributed by atoms with van der Waals surface area (Å²) in [5.74, 6) is -1.46. The predicted octanol–water partition coefficient (Wildman–Crippen LogP) is 4.41. The van der Waals surface area contributed by atoms with Gasteiger partial charge < -0.3 is 19.7 Å². The van der Waals surface area contributed by atoms with Crippen LogP contribution >= 0.6 is 0 Å². The summed E-state index contributed by atoms with van der Waals surface area (Å²) in [6.07, 6.45) is -4.72. The van der Waals surface area contributed by atoms with Crippen LogP contribution in [-0.2, 0) is 20.8 Å². The molecule has 0 spiro atoms. The van der Waals surface area contributed by atoms with Gasteiger partial charge in [0.25, 0.3) is 5.91 Å². The highest BCUT2D eigenvalue weighted by Gasteiger charge is 2.52. The lowest BCUT2D eigenvalue weighted by Crippen LogP contribution is -2.51. The minimum atomic E-state index is -3.26. The fourth-order valence-electron chi connectivity index (χ4n) is 3.88. The Morgan fingerprint density at radius 2 is 1.80 bits per heavy atom. The second-order valence-electron chi connectivity index (χ2n) is 9.60. The van der Waals surface area contributed by atoms with Crippen LogP contribution in [0.3, 0.4) is 0 Å². The largest absolute Gasteiger partial charge is 0.444 e. The number of halogens is 3. The summed E-state index contributed by atoms with van der Waals surface area (Å²) in [5, 5.41) is 10.9. The van der Waals surface area contributed by atoms with Crippen molar-refractivity contribution >= 4 is 12.0 Å². The SMILES string of the molecule is CC(C)(C)OC(=O)NCc1ccc(-c2ccc(C3OC(C)(C)N(C(=O)C(F)F)C3CF)cc2)nn1. The topological polar surface area (TPSA) is 93.7 Å². The van der Waals surface area contributed by atoms with E-state index in [0.717, 1.165) is 4.90 Å². The van der Waals surface area contributed by atoms with Crippen LogP contribution in [0.15, 0.2) is 36.4 Å². The molecule has 2 atom stereocenters. The first kappa shape index (κ1) is 26.4. The van der Waals surface area contributed by atoms with Gasteiger partial charge in [0.2, 0.25) is 0 Å². The van der Waals surface area contributed by atoms with Gasteiger partial charge in [-0.2, -0.15) is 19.0 Å².